The Kier molecular flexibility index (Phi) is 6.11. The minimum atomic E-state index is -0.895. The van der Waals surface area contributed by atoms with Crippen molar-refractivity contribution in [3.8, 4) is 0 Å². The summed E-state index contributed by atoms with van der Waals surface area (Å²) in [6.45, 7) is 0. The molecule has 0 radical (unpaired) electrons. The minimum absolute atomic E-state index is 0.104. The molecule has 98 valence electrons. The highest BCUT2D eigenvalue weighted by molar-refractivity contribution is 5.69. The van der Waals surface area contributed by atoms with Crippen LogP contribution in [0.1, 0.15) is 18.4 Å². The smallest absolute Gasteiger partial charge is 0.308 e. The van der Waals surface area contributed by atoms with Crippen molar-refractivity contribution in [2.45, 2.75) is 25.0 Å². The van der Waals surface area contributed by atoms with Crippen molar-refractivity contribution in [1.29, 1.82) is 0 Å². The Morgan fingerprint density at radius 3 is 2.61 bits per heavy atom. The first-order chi connectivity index (χ1) is 8.61. The molecule has 0 heterocycles. The molecule has 4 nitrogen and oxygen atoms in total. The van der Waals surface area contributed by atoms with Gasteiger partial charge < -0.3 is 14.9 Å². The Labute approximate surface area is 107 Å². The summed E-state index contributed by atoms with van der Waals surface area (Å²) < 4.78 is 4.43. The molecule has 0 bridgehead atoms. The summed E-state index contributed by atoms with van der Waals surface area (Å²) in [5, 5.41) is 19.2. The van der Waals surface area contributed by atoms with Crippen LogP contribution in [0.4, 0.5) is 0 Å². The standard InChI is InChI=1S/C14H18O4/c1-18-14(17)10-13(16)9-12(15)8-7-11-5-3-2-4-6-11/h2-8,12-13,15-16H,9-10H2,1H3/b8-7-. The maximum absolute atomic E-state index is 10.9. The summed E-state index contributed by atoms with van der Waals surface area (Å²) in [6.07, 6.45) is 1.69. The summed E-state index contributed by atoms with van der Waals surface area (Å²) in [5.41, 5.74) is 0.971. The number of methoxy groups -OCH3 is 1. The highest BCUT2D eigenvalue weighted by Gasteiger charge is 2.14. The number of carbonyl (C=O) groups excluding carboxylic acids is 1. The minimum Gasteiger partial charge on any atom is -0.469 e. The van der Waals surface area contributed by atoms with Gasteiger partial charge in [-0.2, -0.15) is 0 Å². The maximum atomic E-state index is 10.9. The zero-order valence-corrected chi connectivity index (χ0v) is 10.3. The highest BCUT2D eigenvalue weighted by atomic mass is 16.5. The van der Waals surface area contributed by atoms with E-state index in [0.29, 0.717) is 0 Å². The lowest BCUT2D eigenvalue weighted by Gasteiger charge is -2.11. The second-order valence-corrected chi connectivity index (χ2v) is 4.01. The fourth-order valence-electron chi connectivity index (χ4n) is 1.50. The van der Waals surface area contributed by atoms with Crippen molar-refractivity contribution in [3.63, 3.8) is 0 Å². The van der Waals surface area contributed by atoms with E-state index in [1.54, 1.807) is 12.2 Å². The fraction of sp³-hybridized carbons (Fsp3) is 0.357. The van der Waals surface area contributed by atoms with Gasteiger partial charge in [0.15, 0.2) is 0 Å². The van der Waals surface area contributed by atoms with Gasteiger partial charge in [-0.05, 0) is 5.56 Å². The third-order valence-electron chi connectivity index (χ3n) is 2.45. The molecule has 0 amide bonds. The van der Waals surface area contributed by atoms with Crippen molar-refractivity contribution in [1.82, 2.24) is 0 Å². The summed E-state index contributed by atoms with van der Waals surface area (Å²) in [6, 6.07) is 9.53. The van der Waals surface area contributed by atoms with Crippen LogP contribution in [0.2, 0.25) is 0 Å². The van der Waals surface area contributed by atoms with Crippen LogP contribution in [0.15, 0.2) is 36.4 Å². The molecule has 0 fully saturated rings. The predicted molar refractivity (Wildman–Crippen MR) is 68.7 cm³/mol. The van der Waals surface area contributed by atoms with Crippen LogP contribution in [-0.2, 0) is 9.53 Å². The van der Waals surface area contributed by atoms with Crippen LogP contribution in [0, 0.1) is 0 Å². The number of ether oxygens (including phenoxy) is 1. The zero-order chi connectivity index (χ0) is 13.4. The van der Waals surface area contributed by atoms with E-state index in [-0.39, 0.29) is 12.8 Å². The topological polar surface area (TPSA) is 66.8 Å². The van der Waals surface area contributed by atoms with Crippen molar-refractivity contribution >= 4 is 12.0 Å². The van der Waals surface area contributed by atoms with Crippen molar-refractivity contribution in [2.75, 3.05) is 7.11 Å². The molecule has 0 saturated carbocycles. The monoisotopic (exact) mass is 250 g/mol. The number of rotatable bonds is 6. The lowest BCUT2D eigenvalue weighted by atomic mass is 10.1. The molecule has 0 spiro atoms. The van der Waals surface area contributed by atoms with E-state index >= 15 is 0 Å². The van der Waals surface area contributed by atoms with Gasteiger partial charge in [0.05, 0.1) is 25.7 Å². The molecule has 0 aliphatic carbocycles. The van der Waals surface area contributed by atoms with Gasteiger partial charge >= 0.3 is 5.97 Å². The lowest BCUT2D eigenvalue weighted by Crippen LogP contribution is -2.20. The van der Waals surface area contributed by atoms with Crippen LogP contribution in [0.3, 0.4) is 0 Å². The van der Waals surface area contributed by atoms with Gasteiger partial charge in [0.2, 0.25) is 0 Å². The molecular weight excluding hydrogens is 232 g/mol. The molecule has 1 aromatic carbocycles. The van der Waals surface area contributed by atoms with Crippen LogP contribution in [0.5, 0.6) is 0 Å². The first kappa shape index (κ1) is 14.4. The first-order valence-electron chi connectivity index (χ1n) is 5.78. The van der Waals surface area contributed by atoms with Gasteiger partial charge in [-0.3, -0.25) is 4.79 Å². The number of carbonyl (C=O) groups is 1. The van der Waals surface area contributed by atoms with E-state index in [9.17, 15) is 15.0 Å². The van der Waals surface area contributed by atoms with E-state index < -0.39 is 18.2 Å². The first-order valence-corrected chi connectivity index (χ1v) is 5.78. The Balaban J connectivity index is 2.39. The predicted octanol–water partition coefficient (Wildman–Crippen LogP) is 1.37. The van der Waals surface area contributed by atoms with Crippen molar-refractivity contribution < 1.29 is 19.7 Å². The molecule has 1 rings (SSSR count). The average Bonchev–Trinajstić information content (AvgIpc) is 2.37. The fourth-order valence-corrected chi connectivity index (χ4v) is 1.50. The van der Waals surface area contributed by atoms with Crippen LogP contribution >= 0.6 is 0 Å². The third kappa shape index (κ3) is 5.61. The third-order valence-corrected chi connectivity index (χ3v) is 2.45. The molecule has 0 saturated heterocycles. The number of hydrogen-bond donors (Lipinski definition) is 2. The van der Waals surface area contributed by atoms with Crippen LogP contribution in [-0.4, -0.2) is 35.5 Å². The van der Waals surface area contributed by atoms with Gasteiger partial charge in [0.25, 0.3) is 0 Å². The quantitative estimate of drug-likeness (QED) is 0.748. The summed E-state index contributed by atoms with van der Waals surface area (Å²) in [7, 11) is 1.26. The molecule has 1 aromatic rings. The molecule has 0 aliphatic rings. The summed E-state index contributed by atoms with van der Waals surface area (Å²) in [5.74, 6) is -0.485. The van der Waals surface area contributed by atoms with E-state index in [0.717, 1.165) is 5.56 Å². The molecule has 2 atom stereocenters. The van der Waals surface area contributed by atoms with Gasteiger partial charge in [-0.1, -0.05) is 42.5 Å². The number of aliphatic hydroxyl groups excluding tert-OH is 2. The van der Waals surface area contributed by atoms with E-state index in [4.69, 9.17) is 0 Å². The Morgan fingerprint density at radius 1 is 1.33 bits per heavy atom. The summed E-state index contributed by atoms with van der Waals surface area (Å²) in [4.78, 5) is 10.9. The lowest BCUT2D eigenvalue weighted by molar-refractivity contribution is -0.143. The number of benzene rings is 1. The van der Waals surface area contributed by atoms with Crippen molar-refractivity contribution in [2.24, 2.45) is 0 Å². The largest absolute Gasteiger partial charge is 0.469 e. The molecule has 4 heteroatoms. The molecular formula is C14H18O4. The van der Waals surface area contributed by atoms with Gasteiger partial charge in [-0.15, -0.1) is 0 Å². The molecule has 0 aromatic heterocycles. The van der Waals surface area contributed by atoms with Crippen molar-refractivity contribution in [3.05, 3.63) is 42.0 Å². The van der Waals surface area contributed by atoms with Crippen LogP contribution in [0.25, 0.3) is 6.08 Å². The number of aliphatic hydroxyl groups is 2. The maximum Gasteiger partial charge on any atom is 0.308 e. The van der Waals surface area contributed by atoms with Gasteiger partial charge in [0, 0.05) is 6.42 Å². The highest BCUT2D eigenvalue weighted by Crippen LogP contribution is 2.07. The second-order valence-electron chi connectivity index (χ2n) is 4.01. The molecule has 2 N–H and O–H groups in total. The Morgan fingerprint density at radius 2 is 2.00 bits per heavy atom. The van der Waals surface area contributed by atoms with Gasteiger partial charge in [-0.25, -0.2) is 0 Å². The Hall–Kier alpha value is -1.65. The van der Waals surface area contributed by atoms with Crippen LogP contribution < -0.4 is 0 Å². The SMILES string of the molecule is COC(=O)CC(O)CC(O)/C=C\c1ccccc1. The molecule has 18 heavy (non-hydrogen) atoms. The normalized spacial score (nSPS) is 14.4. The number of hydrogen-bond acceptors (Lipinski definition) is 4. The molecule has 2 unspecified atom stereocenters. The Bertz CT molecular complexity index is 386. The van der Waals surface area contributed by atoms with E-state index in [1.807, 2.05) is 30.3 Å². The van der Waals surface area contributed by atoms with E-state index in [1.165, 1.54) is 7.11 Å². The summed E-state index contributed by atoms with van der Waals surface area (Å²) >= 11 is 0. The van der Waals surface area contributed by atoms with E-state index in [2.05, 4.69) is 4.74 Å². The zero-order valence-electron chi connectivity index (χ0n) is 10.3. The number of esters is 1. The molecule has 0 aliphatic heterocycles. The van der Waals surface area contributed by atoms with Gasteiger partial charge in [0.1, 0.15) is 0 Å². The second kappa shape index (κ2) is 7.63. The average molecular weight is 250 g/mol.